The number of benzene rings is 2. The van der Waals surface area contributed by atoms with Gasteiger partial charge in [0.05, 0.1) is 5.60 Å². The smallest absolute Gasteiger partial charge is 0.407 e. The van der Waals surface area contributed by atoms with Crippen LogP contribution in [0.25, 0.3) is 11.1 Å². The van der Waals surface area contributed by atoms with Gasteiger partial charge in [0.2, 0.25) is 5.91 Å². The summed E-state index contributed by atoms with van der Waals surface area (Å²) in [5, 5.41) is 14.1. The van der Waals surface area contributed by atoms with Crippen molar-refractivity contribution in [3.63, 3.8) is 0 Å². The lowest BCUT2D eigenvalue weighted by molar-refractivity contribution is -0.143. The first-order valence-electron chi connectivity index (χ1n) is 10.4. The molecule has 3 rings (SSSR count). The number of carbonyl (C=O) groups is 3. The molecular formula is C24H28N2O6. The van der Waals surface area contributed by atoms with Gasteiger partial charge in [0.25, 0.3) is 0 Å². The topological polar surface area (TPSA) is 114 Å². The van der Waals surface area contributed by atoms with Gasteiger partial charge in [0.15, 0.2) is 0 Å². The van der Waals surface area contributed by atoms with Crippen molar-refractivity contribution in [2.75, 3.05) is 20.3 Å². The molecule has 0 fully saturated rings. The maximum Gasteiger partial charge on any atom is 0.407 e. The number of carboxylic acid groups (broad SMARTS) is 1. The molecule has 3 N–H and O–H groups in total. The van der Waals surface area contributed by atoms with E-state index in [0.717, 1.165) is 22.3 Å². The minimum absolute atomic E-state index is 0.0789. The van der Waals surface area contributed by atoms with E-state index >= 15 is 0 Å². The molecule has 0 aliphatic heterocycles. The molecule has 0 saturated carbocycles. The summed E-state index contributed by atoms with van der Waals surface area (Å²) >= 11 is 0. The van der Waals surface area contributed by atoms with Crippen LogP contribution in [0.1, 0.15) is 37.3 Å². The van der Waals surface area contributed by atoms with Crippen LogP contribution in [-0.4, -0.2) is 55.0 Å². The first-order chi connectivity index (χ1) is 15.2. The fourth-order valence-electron chi connectivity index (χ4n) is 3.82. The summed E-state index contributed by atoms with van der Waals surface area (Å²) in [4.78, 5) is 35.7. The summed E-state index contributed by atoms with van der Waals surface area (Å²) in [5.74, 6) is -1.89. The SMILES string of the molecule is COC(C)(C)CC(NC(=O)CNC(=O)OCC1c2ccccc2-c2ccccc21)C(=O)O. The molecule has 170 valence electrons. The van der Waals surface area contributed by atoms with E-state index in [1.165, 1.54) is 7.11 Å². The van der Waals surface area contributed by atoms with E-state index in [2.05, 4.69) is 10.6 Å². The van der Waals surface area contributed by atoms with Gasteiger partial charge in [0, 0.05) is 19.4 Å². The van der Waals surface area contributed by atoms with E-state index in [1.54, 1.807) is 13.8 Å². The molecule has 0 radical (unpaired) electrons. The quantitative estimate of drug-likeness (QED) is 0.553. The summed E-state index contributed by atoms with van der Waals surface area (Å²) in [6, 6.07) is 14.8. The van der Waals surface area contributed by atoms with E-state index in [1.807, 2.05) is 48.5 Å². The Labute approximate surface area is 186 Å². The van der Waals surface area contributed by atoms with Crippen LogP contribution < -0.4 is 10.6 Å². The lowest BCUT2D eigenvalue weighted by Gasteiger charge is -2.26. The van der Waals surface area contributed by atoms with Crippen LogP contribution in [0.15, 0.2) is 48.5 Å². The summed E-state index contributed by atoms with van der Waals surface area (Å²) in [7, 11) is 1.47. The summed E-state index contributed by atoms with van der Waals surface area (Å²) in [5.41, 5.74) is 3.69. The van der Waals surface area contributed by atoms with Crippen molar-refractivity contribution < 1.29 is 29.0 Å². The Hall–Kier alpha value is -3.39. The molecule has 1 unspecified atom stereocenters. The average molecular weight is 440 g/mol. The molecule has 2 aromatic carbocycles. The van der Waals surface area contributed by atoms with Crippen LogP contribution in [-0.2, 0) is 19.1 Å². The first-order valence-corrected chi connectivity index (χ1v) is 10.4. The molecule has 8 heteroatoms. The number of amides is 2. The minimum atomic E-state index is -1.18. The highest BCUT2D eigenvalue weighted by Gasteiger charge is 2.30. The summed E-state index contributed by atoms with van der Waals surface area (Å²) in [6.45, 7) is 3.18. The second-order valence-electron chi connectivity index (χ2n) is 8.31. The van der Waals surface area contributed by atoms with Gasteiger partial charge in [-0.25, -0.2) is 9.59 Å². The lowest BCUT2D eigenvalue weighted by Crippen LogP contribution is -2.48. The van der Waals surface area contributed by atoms with Crippen molar-refractivity contribution in [2.45, 2.75) is 37.8 Å². The third-order valence-electron chi connectivity index (χ3n) is 5.62. The second kappa shape index (κ2) is 9.82. The molecule has 32 heavy (non-hydrogen) atoms. The Morgan fingerprint density at radius 3 is 2.12 bits per heavy atom. The predicted molar refractivity (Wildman–Crippen MR) is 118 cm³/mol. The number of methoxy groups -OCH3 is 1. The largest absolute Gasteiger partial charge is 0.480 e. The second-order valence-corrected chi connectivity index (χ2v) is 8.31. The number of aliphatic carboxylic acids is 1. The number of hydrogen-bond donors (Lipinski definition) is 3. The van der Waals surface area contributed by atoms with E-state index < -0.39 is 36.2 Å². The van der Waals surface area contributed by atoms with Gasteiger partial charge < -0.3 is 25.2 Å². The molecule has 2 amide bonds. The van der Waals surface area contributed by atoms with E-state index in [0.29, 0.717) is 0 Å². The van der Waals surface area contributed by atoms with Crippen LogP contribution in [0.5, 0.6) is 0 Å². The monoisotopic (exact) mass is 440 g/mol. The standard InChI is InChI=1S/C24H28N2O6/c1-24(2,31-3)12-20(22(28)29)26-21(27)13-25-23(30)32-14-19-17-10-6-4-8-15(17)16-9-5-7-11-18(16)19/h4-11,19-20H,12-14H2,1-3H3,(H,25,30)(H,26,27)(H,28,29). The molecule has 1 aliphatic rings. The van der Waals surface area contributed by atoms with Crippen molar-refractivity contribution >= 4 is 18.0 Å². The molecular weight excluding hydrogens is 412 g/mol. The van der Waals surface area contributed by atoms with Crippen molar-refractivity contribution in [1.29, 1.82) is 0 Å². The van der Waals surface area contributed by atoms with Crippen molar-refractivity contribution in [1.82, 2.24) is 10.6 Å². The van der Waals surface area contributed by atoms with Crippen LogP contribution in [0.2, 0.25) is 0 Å². The Balaban J connectivity index is 1.52. The number of alkyl carbamates (subject to hydrolysis) is 1. The van der Waals surface area contributed by atoms with Gasteiger partial charge in [-0.15, -0.1) is 0 Å². The van der Waals surface area contributed by atoms with Gasteiger partial charge in [-0.1, -0.05) is 48.5 Å². The van der Waals surface area contributed by atoms with Crippen molar-refractivity contribution in [2.24, 2.45) is 0 Å². The Kier molecular flexibility index (Phi) is 7.15. The normalized spacial score (nSPS) is 13.6. The number of hydrogen-bond acceptors (Lipinski definition) is 5. The van der Waals surface area contributed by atoms with E-state index in [9.17, 15) is 19.5 Å². The van der Waals surface area contributed by atoms with Gasteiger partial charge in [0.1, 0.15) is 19.2 Å². The zero-order valence-corrected chi connectivity index (χ0v) is 18.4. The molecule has 0 bridgehead atoms. The maximum atomic E-state index is 12.2. The molecule has 8 nitrogen and oxygen atoms in total. The summed E-state index contributed by atoms with van der Waals surface area (Å²) in [6.07, 6.45) is -0.665. The summed E-state index contributed by atoms with van der Waals surface area (Å²) < 4.78 is 10.6. The average Bonchev–Trinajstić information content (AvgIpc) is 3.09. The van der Waals surface area contributed by atoms with Gasteiger partial charge >= 0.3 is 12.1 Å². The number of rotatable bonds is 9. The Morgan fingerprint density at radius 2 is 1.59 bits per heavy atom. The number of nitrogens with one attached hydrogen (secondary N) is 2. The fraction of sp³-hybridized carbons (Fsp3) is 0.375. The Bertz CT molecular complexity index is 958. The van der Waals surface area contributed by atoms with E-state index in [4.69, 9.17) is 9.47 Å². The van der Waals surface area contributed by atoms with Crippen LogP contribution in [0, 0.1) is 0 Å². The molecule has 0 spiro atoms. The number of fused-ring (bicyclic) bond motifs is 3. The predicted octanol–water partition coefficient (Wildman–Crippen LogP) is 2.91. The highest BCUT2D eigenvalue weighted by molar-refractivity contribution is 5.86. The Morgan fingerprint density at radius 1 is 1.03 bits per heavy atom. The van der Waals surface area contributed by atoms with Crippen LogP contribution in [0.3, 0.4) is 0 Å². The highest BCUT2D eigenvalue weighted by Crippen LogP contribution is 2.44. The van der Waals surface area contributed by atoms with Crippen LogP contribution >= 0.6 is 0 Å². The highest BCUT2D eigenvalue weighted by atomic mass is 16.5. The lowest BCUT2D eigenvalue weighted by atomic mass is 9.98. The van der Waals surface area contributed by atoms with Crippen molar-refractivity contribution in [3.05, 3.63) is 59.7 Å². The van der Waals surface area contributed by atoms with E-state index in [-0.39, 0.29) is 18.9 Å². The fourth-order valence-corrected chi connectivity index (χ4v) is 3.82. The molecule has 0 saturated heterocycles. The van der Waals surface area contributed by atoms with Gasteiger partial charge in [-0.05, 0) is 36.1 Å². The first kappa shape index (κ1) is 23.3. The maximum absolute atomic E-state index is 12.2. The minimum Gasteiger partial charge on any atom is -0.480 e. The van der Waals surface area contributed by atoms with Gasteiger partial charge in [-0.3, -0.25) is 4.79 Å². The molecule has 1 atom stereocenters. The molecule has 1 aliphatic carbocycles. The third kappa shape index (κ3) is 5.45. The molecule has 2 aromatic rings. The van der Waals surface area contributed by atoms with Crippen LogP contribution in [0.4, 0.5) is 4.79 Å². The molecule has 0 heterocycles. The van der Waals surface area contributed by atoms with Gasteiger partial charge in [-0.2, -0.15) is 0 Å². The number of carbonyl (C=O) groups excluding carboxylic acids is 2. The number of carboxylic acids is 1. The zero-order chi connectivity index (χ0) is 23.3. The zero-order valence-electron chi connectivity index (χ0n) is 18.4. The molecule has 0 aromatic heterocycles. The third-order valence-corrected chi connectivity index (χ3v) is 5.62. The van der Waals surface area contributed by atoms with Crippen molar-refractivity contribution in [3.8, 4) is 11.1 Å². The number of ether oxygens (including phenoxy) is 2.